The van der Waals surface area contributed by atoms with Crippen LogP contribution in [-0.2, 0) is 9.63 Å². The van der Waals surface area contributed by atoms with Crippen LogP contribution in [0.2, 0.25) is 0 Å². The molecule has 0 radical (unpaired) electrons. The summed E-state index contributed by atoms with van der Waals surface area (Å²) in [5.41, 5.74) is 5.11. The van der Waals surface area contributed by atoms with Gasteiger partial charge < -0.3 is 15.4 Å². The number of hydrogen-bond donors (Lipinski definition) is 2. The van der Waals surface area contributed by atoms with Gasteiger partial charge in [-0.1, -0.05) is 20.8 Å². The lowest BCUT2D eigenvalue weighted by Gasteiger charge is -2.29. The fraction of sp³-hybridized carbons (Fsp3) is 0.538. The predicted octanol–water partition coefficient (Wildman–Crippen LogP) is -0.435. The number of likely N-dealkylation sites (N-methyl/N-ethyl adjacent to an activating group) is 1. The molecule has 0 aliphatic heterocycles. The van der Waals surface area contributed by atoms with E-state index in [-0.39, 0.29) is 23.0 Å². The van der Waals surface area contributed by atoms with Crippen molar-refractivity contribution in [3.8, 4) is 0 Å². The van der Waals surface area contributed by atoms with Crippen LogP contribution in [0.1, 0.15) is 20.8 Å². The number of imidazole rings is 1. The standard InChI is InChI=1S/C13H20N6O4/c1-5-18(22-4)9(7(2)3)12(21)23-19-6-15-8-10(19)16-13(14)17-11(8)20/h6-7,9H,5H2,1-4H3,(H3,14,16,17,20)/t9-/m1/s1. The van der Waals surface area contributed by atoms with Crippen molar-refractivity contribution < 1.29 is 14.5 Å². The second-order valence-corrected chi connectivity index (χ2v) is 5.21. The summed E-state index contributed by atoms with van der Waals surface area (Å²) in [6.45, 7) is 6.12. The zero-order valence-corrected chi connectivity index (χ0v) is 13.4. The first-order valence-electron chi connectivity index (χ1n) is 7.14. The number of nitrogens with two attached hydrogens (primary N) is 1. The van der Waals surface area contributed by atoms with E-state index in [0.29, 0.717) is 6.54 Å². The van der Waals surface area contributed by atoms with Crippen LogP contribution >= 0.6 is 0 Å². The van der Waals surface area contributed by atoms with Crippen LogP contribution in [-0.4, -0.2) is 50.4 Å². The highest BCUT2D eigenvalue weighted by molar-refractivity contribution is 5.77. The Bertz CT molecular complexity index is 748. The van der Waals surface area contributed by atoms with Gasteiger partial charge in [0, 0.05) is 6.54 Å². The predicted molar refractivity (Wildman–Crippen MR) is 82.2 cm³/mol. The minimum atomic E-state index is -0.623. The van der Waals surface area contributed by atoms with Gasteiger partial charge in [0.05, 0.1) is 7.11 Å². The second-order valence-electron chi connectivity index (χ2n) is 5.21. The first kappa shape index (κ1) is 16.9. The smallest absolute Gasteiger partial charge is 0.352 e. The van der Waals surface area contributed by atoms with Crippen molar-refractivity contribution in [2.45, 2.75) is 26.8 Å². The molecule has 0 spiro atoms. The summed E-state index contributed by atoms with van der Waals surface area (Å²) >= 11 is 0. The van der Waals surface area contributed by atoms with E-state index in [0.717, 1.165) is 4.73 Å². The number of nitrogens with zero attached hydrogens (tertiary/aromatic N) is 4. The summed E-state index contributed by atoms with van der Waals surface area (Å²) in [6.07, 6.45) is 1.20. The van der Waals surface area contributed by atoms with Crippen LogP contribution in [0.15, 0.2) is 11.1 Å². The largest absolute Gasteiger partial charge is 0.369 e. The van der Waals surface area contributed by atoms with Crippen LogP contribution in [0, 0.1) is 5.92 Å². The van der Waals surface area contributed by atoms with Crippen molar-refractivity contribution in [2.75, 3.05) is 19.4 Å². The summed E-state index contributed by atoms with van der Waals surface area (Å²) in [6, 6.07) is -0.623. The van der Waals surface area contributed by atoms with Crippen LogP contribution in [0.4, 0.5) is 5.95 Å². The maximum absolute atomic E-state index is 12.5. The van der Waals surface area contributed by atoms with Crippen molar-refractivity contribution in [3.63, 3.8) is 0 Å². The maximum Gasteiger partial charge on any atom is 0.352 e. The molecule has 0 aliphatic rings. The minimum absolute atomic E-state index is 0.0344. The SMILES string of the molecule is CCN(OC)[C@@H](C(=O)On1cnc2c(=O)[nH]c(N)nc21)C(C)C. The molecule has 10 heteroatoms. The summed E-state index contributed by atoms with van der Waals surface area (Å²) < 4.78 is 1.03. The summed E-state index contributed by atoms with van der Waals surface area (Å²) in [5, 5.41) is 1.51. The third-order valence-corrected chi connectivity index (χ3v) is 3.31. The molecule has 10 nitrogen and oxygen atoms in total. The van der Waals surface area contributed by atoms with Gasteiger partial charge in [-0.15, -0.1) is 4.73 Å². The molecule has 1 atom stereocenters. The van der Waals surface area contributed by atoms with Crippen molar-refractivity contribution >= 4 is 23.1 Å². The van der Waals surface area contributed by atoms with E-state index in [9.17, 15) is 9.59 Å². The van der Waals surface area contributed by atoms with E-state index in [4.69, 9.17) is 15.4 Å². The number of hydrogen-bond acceptors (Lipinski definition) is 8. The molecule has 0 fully saturated rings. The van der Waals surface area contributed by atoms with Crippen LogP contribution in [0.5, 0.6) is 0 Å². The Labute approximate surface area is 132 Å². The number of rotatable bonds is 6. The second kappa shape index (κ2) is 6.75. The molecule has 3 N–H and O–H groups in total. The van der Waals surface area contributed by atoms with Gasteiger partial charge in [-0.3, -0.25) is 9.78 Å². The number of carbonyl (C=O) groups excluding carboxylic acids is 1. The number of fused-ring (bicyclic) bond motifs is 1. The third kappa shape index (κ3) is 3.32. The number of aromatic nitrogens is 4. The topological polar surface area (TPSA) is 128 Å². The number of nitrogens with one attached hydrogen (secondary N) is 1. The summed E-state index contributed by atoms with van der Waals surface area (Å²) in [7, 11) is 1.49. The Balaban J connectivity index is 2.34. The fourth-order valence-corrected chi connectivity index (χ4v) is 2.29. The van der Waals surface area contributed by atoms with Crippen LogP contribution < -0.4 is 16.1 Å². The van der Waals surface area contributed by atoms with E-state index >= 15 is 0 Å². The maximum atomic E-state index is 12.5. The molecule has 2 rings (SSSR count). The minimum Gasteiger partial charge on any atom is -0.369 e. The lowest BCUT2D eigenvalue weighted by molar-refractivity contribution is -0.193. The zero-order chi connectivity index (χ0) is 17.1. The van der Waals surface area contributed by atoms with E-state index in [2.05, 4.69) is 15.0 Å². The molecule has 2 heterocycles. The molecular weight excluding hydrogens is 304 g/mol. The number of H-pyrrole nitrogens is 1. The monoisotopic (exact) mass is 324 g/mol. The van der Waals surface area contributed by atoms with Gasteiger partial charge in [0.2, 0.25) is 11.6 Å². The van der Waals surface area contributed by atoms with Crippen molar-refractivity contribution in [3.05, 3.63) is 16.7 Å². The molecule has 2 aromatic heterocycles. The van der Waals surface area contributed by atoms with Gasteiger partial charge >= 0.3 is 5.97 Å². The van der Waals surface area contributed by atoms with Gasteiger partial charge in [0.1, 0.15) is 12.4 Å². The first-order valence-corrected chi connectivity index (χ1v) is 7.14. The molecule has 0 bridgehead atoms. The lowest BCUT2D eigenvalue weighted by atomic mass is 10.0. The quantitative estimate of drug-likeness (QED) is 0.685. The van der Waals surface area contributed by atoms with Crippen molar-refractivity contribution in [2.24, 2.45) is 5.92 Å². The molecule has 0 unspecified atom stereocenters. The third-order valence-electron chi connectivity index (χ3n) is 3.31. The van der Waals surface area contributed by atoms with E-state index in [1.165, 1.54) is 18.5 Å². The molecule has 0 saturated heterocycles. The normalized spacial score (nSPS) is 13.0. The molecule has 0 aromatic carbocycles. The highest BCUT2D eigenvalue weighted by atomic mass is 16.7. The summed E-state index contributed by atoms with van der Waals surface area (Å²) in [5.74, 6) is -0.699. The highest BCUT2D eigenvalue weighted by Gasteiger charge is 2.31. The molecule has 0 aliphatic carbocycles. The number of nitrogen functional groups attached to an aromatic ring is 1. The Morgan fingerprint density at radius 1 is 1.52 bits per heavy atom. The van der Waals surface area contributed by atoms with E-state index < -0.39 is 17.6 Å². The Morgan fingerprint density at radius 2 is 2.22 bits per heavy atom. The first-order chi connectivity index (χ1) is 10.9. The van der Waals surface area contributed by atoms with Crippen molar-refractivity contribution in [1.82, 2.24) is 24.7 Å². The molecule has 126 valence electrons. The lowest BCUT2D eigenvalue weighted by Crippen LogP contribution is -2.47. The molecular formula is C13H20N6O4. The van der Waals surface area contributed by atoms with Crippen LogP contribution in [0.3, 0.4) is 0 Å². The zero-order valence-electron chi connectivity index (χ0n) is 13.4. The van der Waals surface area contributed by atoms with Gasteiger partial charge in [-0.2, -0.15) is 10.0 Å². The average molecular weight is 324 g/mol. The Hall–Kier alpha value is -2.46. The van der Waals surface area contributed by atoms with Gasteiger partial charge in [-0.05, 0) is 5.92 Å². The van der Waals surface area contributed by atoms with E-state index in [1.807, 2.05) is 20.8 Å². The number of aromatic amines is 1. The average Bonchev–Trinajstić information content (AvgIpc) is 2.87. The summed E-state index contributed by atoms with van der Waals surface area (Å²) in [4.78, 5) is 44.9. The molecule has 0 amide bonds. The fourth-order valence-electron chi connectivity index (χ4n) is 2.29. The molecule has 2 aromatic rings. The number of anilines is 1. The van der Waals surface area contributed by atoms with Crippen LogP contribution in [0.25, 0.3) is 11.2 Å². The Morgan fingerprint density at radius 3 is 2.78 bits per heavy atom. The molecule has 23 heavy (non-hydrogen) atoms. The number of carbonyl (C=O) groups is 1. The van der Waals surface area contributed by atoms with Crippen molar-refractivity contribution in [1.29, 1.82) is 0 Å². The Kier molecular flexibility index (Phi) is 4.96. The highest BCUT2D eigenvalue weighted by Crippen LogP contribution is 2.13. The van der Waals surface area contributed by atoms with Gasteiger partial charge in [0.15, 0.2) is 5.52 Å². The number of hydroxylamine groups is 2. The van der Waals surface area contributed by atoms with Gasteiger partial charge in [0.25, 0.3) is 5.56 Å². The van der Waals surface area contributed by atoms with E-state index in [1.54, 1.807) is 0 Å². The molecule has 0 saturated carbocycles. The van der Waals surface area contributed by atoms with Gasteiger partial charge in [-0.25, -0.2) is 9.78 Å².